The molecule has 1 fully saturated rings. The van der Waals surface area contributed by atoms with E-state index < -0.39 is 0 Å². The van der Waals surface area contributed by atoms with Crippen molar-refractivity contribution in [2.45, 2.75) is 25.7 Å². The molecule has 0 bridgehead atoms. The molecule has 1 saturated heterocycles. The summed E-state index contributed by atoms with van der Waals surface area (Å²) in [6.45, 7) is 2.01. The van der Waals surface area contributed by atoms with E-state index in [1.165, 1.54) is 12.1 Å². The fraction of sp³-hybridized carbons (Fsp3) is 0.500. The first-order valence-electron chi connectivity index (χ1n) is 6.31. The van der Waals surface area contributed by atoms with Crippen LogP contribution in [0.15, 0.2) is 22.7 Å². The molecule has 0 unspecified atom stereocenters. The van der Waals surface area contributed by atoms with Crippen molar-refractivity contribution in [1.82, 2.24) is 5.32 Å². The third kappa shape index (κ3) is 4.18. The lowest BCUT2D eigenvalue weighted by Crippen LogP contribution is -2.29. The van der Waals surface area contributed by atoms with Gasteiger partial charge in [0.15, 0.2) is 0 Å². The number of rotatable bonds is 4. The molecule has 0 aromatic heterocycles. The molecule has 0 atom stereocenters. The topological polar surface area (TPSA) is 29.1 Å². The smallest absolute Gasteiger partial charge is 0.137 e. The van der Waals surface area contributed by atoms with Gasteiger partial charge in [0, 0.05) is 17.3 Å². The molecule has 0 spiro atoms. The maximum atomic E-state index is 13.2. The third-order valence-electron chi connectivity index (χ3n) is 3.30. The van der Waals surface area contributed by atoms with E-state index in [9.17, 15) is 9.18 Å². The van der Waals surface area contributed by atoms with Gasteiger partial charge in [-0.25, -0.2) is 4.39 Å². The summed E-state index contributed by atoms with van der Waals surface area (Å²) in [6, 6.07) is 4.65. The molecule has 2 nitrogen and oxygen atoms in total. The van der Waals surface area contributed by atoms with Gasteiger partial charge in [0.2, 0.25) is 0 Å². The van der Waals surface area contributed by atoms with E-state index in [-0.39, 0.29) is 11.6 Å². The Labute approximate surface area is 115 Å². The second-order valence-electron chi connectivity index (χ2n) is 4.89. The average Bonchev–Trinajstić information content (AvgIpc) is 2.28. The fourth-order valence-electron chi connectivity index (χ4n) is 2.42. The van der Waals surface area contributed by atoms with Gasteiger partial charge in [0.1, 0.15) is 11.6 Å². The first-order chi connectivity index (χ1) is 8.63. The normalized spacial score (nSPS) is 16.8. The number of Topliss-reactive ketones (excluding diaryl/α,β-unsaturated/α-hetero) is 1. The number of halogens is 2. The molecular weight excluding hydrogens is 297 g/mol. The third-order valence-corrected chi connectivity index (χ3v) is 3.76. The van der Waals surface area contributed by atoms with Gasteiger partial charge in [0.05, 0.1) is 0 Å². The van der Waals surface area contributed by atoms with Crippen LogP contribution in [0.1, 0.15) is 24.8 Å². The molecule has 0 aliphatic carbocycles. The maximum Gasteiger partial charge on any atom is 0.137 e. The molecular formula is C14H17BrFNO. The van der Waals surface area contributed by atoms with Gasteiger partial charge in [-0.2, -0.15) is 0 Å². The Hall–Kier alpha value is -0.740. The number of piperidine rings is 1. The van der Waals surface area contributed by atoms with Gasteiger partial charge in [-0.05, 0) is 55.6 Å². The Morgan fingerprint density at radius 2 is 2.06 bits per heavy atom. The zero-order valence-electron chi connectivity index (χ0n) is 10.2. The van der Waals surface area contributed by atoms with Crippen molar-refractivity contribution >= 4 is 21.7 Å². The molecule has 2 rings (SSSR count). The second kappa shape index (κ2) is 6.43. The van der Waals surface area contributed by atoms with Crippen molar-refractivity contribution in [2.75, 3.05) is 13.1 Å². The molecule has 98 valence electrons. The van der Waals surface area contributed by atoms with E-state index >= 15 is 0 Å². The highest BCUT2D eigenvalue weighted by molar-refractivity contribution is 9.10. The molecule has 1 aromatic rings. The largest absolute Gasteiger partial charge is 0.317 e. The van der Waals surface area contributed by atoms with Gasteiger partial charge in [0.25, 0.3) is 0 Å². The SMILES string of the molecule is O=C(Cc1cc(F)cc(Br)c1)CC1CCNCC1. The zero-order chi connectivity index (χ0) is 13.0. The molecule has 0 amide bonds. The van der Waals surface area contributed by atoms with Crippen molar-refractivity contribution in [2.24, 2.45) is 5.92 Å². The summed E-state index contributed by atoms with van der Waals surface area (Å²) in [5.41, 5.74) is 0.751. The number of hydrogen-bond donors (Lipinski definition) is 1. The summed E-state index contributed by atoms with van der Waals surface area (Å²) in [5, 5.41) is 3.29. The highest BCUT2D eigenvalue weighted by Crippen LogP contribution is 2.19. The van der Waals surface area contributed by atoms with E-state index in [0.717, 1.165) is 31.5 Å². The zero-order valence-corrected chi connectivity index (χ0v) is 11.8. The van der Waals surface area contributed by atoms with Crippen LogP contribution in [0.5, 0.6) is 0 Å². The lowest BCUT2D eigenvalue weighted by Gasteiger charge is -2.21. The molecule has 4 heteroatoms. The summed E-state index contributed by atoms with van der Waals surface area (Å²) < 4.78 is 13.9. The monoisotopic (exact) mass is 313 g/mol. The number of carbonyl (C=O) groups is 1. The van der Waals surface area contributed by atoms with Crippen molar-refractivity contribution in [3.8, 4) is 0 Å². The molecule has 1 aromatic carbocycles. The summed E-state index contributed by atoms with van der Waals surface area (Å²) in [6.07, 6.45) is 3.09. The predicted octanol–water partition coefficient (Wildman–Crippen LogP) is 3.09. The average molecular weight is 314 g/mol. The van der Waals surface area contributed by atoms with Crippen LogP contribution in [0, 0.1) is 11.7 Å². The predicted molar refractivity (Wildman–Crippen MR) is 73.0 cm³/mol. The molecule has 1 aliphatic heterocycles. The number of benzene rings is 1. The highest BCUT2D eigenvalue weighted by Gasteiger charge is 2.17. The highest BCUT2D eigenvalue weighted by atomic mass is 79.9. The molecule has 18 heavy (non-hydrogen) atoms. The Morgan fingerprint density at radius 3 is 2.72 bits per heavy atom. The van der Waals surface area contributed by atoms with E-state index in [2.05, 4.69) is 21.2 Å². The lowest BCUT2D eigenvalue weighted by atomic mass is 9.91. The molecule has 1 heterocycles. The van der Waals surface area contributed by atoms with Crippen LogP contribution < -0.4 is 5.32 Å². The van der Waals surface area contributed by atoms with Gasteiger partial charge >= 0.3 is 0 Å². The minimum Gasteiger partial charge on any atom is -0.317 e. The van der Waals surface area contributed by atoms with Crippen molar-refractivity contribution < 1.29 is 9.18 Å². The fourth-order valence-corrected chi connectivity index (χ4v) is 2.93. The van der Waals surface area contributed by atoms with Crippen LogP contribution in [-0.4, -0.2) is 18.9 Å². The van der Waals surface area contributed by atoms with Crippen molar-refractivity contribution in [3.05, 3.63) is 34.1 Å². The molecule has 0 saturated carbocycles. The number of carbonyl (C=O) groups excluding carboxylic acids is 1. The molecule has 0 radical (unpaired) electrons. The van der Waals surface area contributed by atoms with E-state index in [0.29, 0.717) is 23.2 Å². The Bertz CT molecular complexity index is 410. The standard InChI is InChI=1S/C14H17BrFNO/c15-12-5-11(6-13(16)9-12)8-14(18)7-10-1-3-17-4-2-10/h5-6,9-10,17H,1-4,7-8H2. The van der Waals surface area contributed by atoms with E-state index in [1.807, 2.05) is 6.07 Å². The van der Waals surface area contributed by atoms with Gasteiger partial charge in [-0.3, -0.25) is 4.79 Å². The number of nitrogens with one attached hydrogen (secondary N) is 1. The second-order valence-corrected chi connectivity index (χ2v) is 5.81. The van der Waals surface area contributed by atoms with Crippen molar-refractivity contribution in [3.63, 3.8) is 0 Å². The summed E-state index contributed by atoms with van der Waals surface area (Å²) in [4.78, 5) is 11.9. The maximum absolute atomic E-state index is 13.2. The molecule has 1 aliphatic rings. The number of ketones is 1. The van der Waals surface area contributed by atoms with Crippen LogP contribution in [0.4, 0.5) is 4.39 Å². The summed E-state index contributed by atoms with van der Waals surface area (Å²) >= 11 is 3.24. The number of hydrogen-bond acceptors (Lipinski definition) is 2. The minimum atomic E-state index is -0.297. The quantitative estimate of drug-likeness (QED) is 0.925. The van der Waals surface area contributed by atoms with Crippen LogP contribution in [0.3, 0.4) is 0 Å². The van der Waals surface area contributed by atoms with Gasteiger partial charge < -0.3 is 5.32 Å². The van der Waals surface area contributed by atoms with Crippen LogP contribution in [0.25, 0.3) is 0 Å². The van der Waals surface area contributed by atoms with E-state index in [4.69, 9.17) is 0 Å². The first kappa shape index (κ1) is 13.7. The summed E-state index contributed by atoms with van der Waals surface area (Å²) in [5.74, 6) is 0.407. The van der Waals surface area contributed by atoms with E-state index in [1.54, 1.807) is 0 Å². The minimum absolute atomic E-state index is 0.208. The first-order valence-corrected chi connectivity index (χ1v) is 7.10. The Kier molecular flexibility index (Phi) is 4.89. The lowest BCUT2D eigenvalue weighted by molar-refractivity contribution is -0.119. The van der Waals surface area contributed by atoms with Crippen molar-refractivity contribution in [1.29, 1.82) is 0 Å². The summed E-state index contributed by atoms with van der Waals surface area (Å²) in [7, 11) is 0. The van der Waals surface area contributed by atoms with Crippen LogP contribution in [0.2, 0.25) is 0 Å². The van der Waals surface area contributed by atoms with Gasteiger partial charge in [-0.1, -0.05) is 15.9 Å². The van der Waals surface area contributed by atoms with Gasteiger partial charge in [-0.15, -0.1) is 0 Å². The van der Waals surface area contributed by atoms with Crippen LogP contribution in [-0.2, 0) is 11.2 Å². The Morgan fingerprint density at radius 1 is 1.33 bits per heavy atom. The Balaban J connectivity index is 1.89. The molecule has 1 N–H and O–H groups in total. The van der Waals surface area contributed by atoms with Crippen LogP contribution >= 0.6 is 15.9 Å².